The minimum atomic E-state index is -0.352. The number of carbonyl (C=O) groups excluding carboxylic acids is 2. The van der Waals surface area contributed by atoms with Gasteiger partial charge in [0.1, 0.15) is 0 Å². The maximum atomic E-state index is 11.9. The molecule has 0 N–H and O–H groups in total. The molecule has 0 radical (unpaired) electrons. The van der Waals surface area contributed by atoms with E-state index in [-0.39, 0.29) is 17.2 Å². The lowest BCUT2D eigenvalue weighted by Crippen LogP contribution is -2.32. The van der Waals surface area contributed by atoms with Crippen LogP contribution in [0.15, 0.2) is 11.1 Å². The first-order valence-electron chi connectivity index (χ1n) is 5.44. The summed E-state index contributed by atoms with van der Waals surface area (Å²) in [6, 6.07) is 0. The van der Waals surface area contributed by atoms with Gasteiger partial charge in [0.15, 0.2) is 5.78 Å². The number of rotatable bonds is 3. The molecule has 0 saturated carbocycles. The van der Waals surface area contributed by atoms with Gasteiger partial charge in [-0.1, -0.05) is 29.8 Å². The molecule has 0 aromatic carbocycles. The molecule has 0 fully saturated rings. The molecule has 0 atom stereocenters. The zero-order valence-corrected chi connectivity index (χ0v) is 11.5. The molecule has 0 heterocycles. The van der Waals surface area contributed by atoms with Crippen LogP contribution in [0.25, 0.3) is 0 Å². The number of esters is 1. The Morgan fingerprint density at radius 2 is 2.12 bits per heavy atom. The summed E-state index contributed by atoms with van der Waals surface area (Å²) in [5, 5.41) is 0.420. The third-order valence-corrected chi connectivity index (χ3v) is 3.47. The SMILES string of the molecule is CCOC(=O)C1=C(CBr)C(=O)CCC1(C)C. The van der Waals surface area contributed by atoms with Crippen LogP contribution in [0.5, 0.6) is 0 Å². The summed E-state index contributed by atoms with van der Waals surface area (Å²) >= 11 is 3.28. The van der Waals surface area contributed by atoms with E-state index in [9.17, 15) is 9.59 Å². The van der Waals surface area contributed by atoms with Crippen LogP contribution < -0.4 is 0 Å². The third-order valence-electron chi connectivity index (χ3n) is 2.91. The van der Waals surface area contributed by atoms with Crippen molar-refractivity contribution in [3.05, 3.63) is 11.1 Å². The monoisotopic (exact) mass is 288 g/mol. The number of hydrogen-bond acceptors (Lipinski definition) is 3. The highest BCUT2D eigenvalue weighted by Gasteiger charge is 2.38. The van der Waals surface area contributed by atoms with Crippen LogP contribution in [-0.4, -0.2) is 23.7 Å². The summed E-state index contributed by atoms with van der Waals surface area (Å²) in [5.74, 6) is -0.297. The van der Waals surface area contributed by atoms with Crippen molar-refractivity contribution in [1.82, 2.24) is 0 Å². The Kier molecular flexibility index (Phi) is 4.30. The molecule has 16 heavy (non-hydrogen) atoms. The van der Waals surface area contributed by atoms with Crippen molar-refractivity contribution in [2.24, 2.45) is 5.41 Å². The molecule has 4 heteroatoms. The molecule has 1 aliphatic rings. The first kappa shape index (κ1) is 13.4. The van der Waals surface area contributed by atoms with Crippen LogP contribution in [0.3, 0.4) is 0 Å². The normalized spacial score (nSPS) is 19.9. The Balaban J connectivity index is 3.20. The smallest absolute Gasteiger partial charge is 0.334 e. The van der Waals surface area contributed by atoms with Crippen LogP contribution in [-0.2, 0) is 14.3 Å². The van der Waals surface area contributed by atoms with Crippen molar-refractivity contribution in [3.8, 4) is 0 Å². The summed E-state index contributed by atoms with van der Waals surface area (Å²) < 4.78 is 5.03. The molecule has 0 saturated heterocycles. The van der Waals surface area contributed by atoms with Gasteiger partial charge in [-0.15, -0.1) is 0 Å². The van der Waals surface area contributed by atoms with E-state index in [1.54, 1.807) is 6.92 Å². The second-order valence-corrected chi connectivity index (χ2v) is 5.08. The lowest BCUT2D eigenvalue weighted by Gasteiger charge is -2.32. The number of allylic oxidation sites excluding steroid dienone is 1. The molecule has 1 rings (SSSR count). The van der Waals surface area contributed by atoms with E-state index >= 15 is 0 Å². The van der Waals surface area contributed by atoms with E-state index in [1.165, 1.54) is 0 Å². The zero-order valence-electron chi connectivity index (χ0n) is 9.93. The Hall–Kier alpha value is -0.640. The molecular weight excluding hydrogens is 272 g/mol. The Labute approximate surface area is 104 Å². The van der Waals surface area contributed by atoms with Crippen LogP contribution >= 0.6 is 15.9 Å². The fraction of sp³-hybridized carbons (Fsp3) is 0.667. The molecule has 3 nitrogen and oxygen atoms in total. The van der Waals surface area contributed by atoms with Gasteiger partial charge >= 0.3 is 5.97 Å². The van der Waals surface area contributed by atoms with E-state index in [0.29, 0.717) is 35.9 Å². The Morgan fingerprint density at radius 3 is 2.62 bits per heavy atom. The maximum Gasteiger partial charge on any atom is 0.334 e. The van der Waals surface area contributed by atoms with E-state index in [0.717, 1.165) is 0 Å². The number of hydrogen-bond donors (Lipinski definition) is 0. The van der Waals surface area contributed by atoms with Crippen LogP contribution in [0.2, 0.25) is 0 Å². The standard InChI is InChI=1S/C12H17BrO3/c1-4-16-11(15)10-8(7-13)9(14)5-6-12(10,2)3/h4-7H2,1-3H3. The van der Waals surface area contributed by atoms with Gasteiger partial charge in [0, 0.05) is 17.3 Å². The average Bonchev–Trinajstić information content (AvgIpc) is 2.21. The van der Waals surface area contributed by atoms with Gasteiger partial charge in [0.25, 0.3) is 0 Å². The van der Waals surface area contributed by atoms with Crippen LogP contribution in [0.4, 0.5) is 0 Å². The van der Waals surface area contributed by atoms with Crippen molar-refractivity contribution >= 4 is 27.7 Å². The number of ketones is 1. The second-order valence-electron chi connectivity index (χ2n) is 4.51. The first-order valence-corrected chi connectivity index (χ1v) is 6.56. The highest BCUT2D eigenvalue weighted by molar-refractivity contribution is 9.09. The molecule has 0 spiro atoms. The molecule has 90 valence electrons. The molecule has 0 aliphatic heterocycles. The lowest BCUT2D eigenvalue weighted by atomic mass is 9.72. The number of carbonyl (C=O) groups is 2. The maximum absolute atomic E-state index is 11.9. The van der Waals surface area contributed by atoms with Gasteiger partial charge in [0.05, 0.1) is 12.2 Å². The van der Waals surface area contributed by atoms with Gasteiger partial charge in [-0.25, -0.2) is 4.79 Å². The lowest BCUT2D eigenvalue weighted by molar-refractivity contribution is -0.140. The number of Topliss-reactive ketones (excluding diaryl/α,β-unsaturated/α-hetero) is 1. The number of alkyl halides is 1. The van der Waals surface area contributed by atoms with Crippen molar-refractivity contribution < 1.29 is 14.3 Å². The fourth-order valence-corrected chi connectivity index (χ4v) is 2.59. The summed E-state index contributed by atoms with van der Waals surface area (Å²) in [7, 11) is 0. The van der Waals surface area contributed by atoms with Crippen molar-refractivity contribution in [3.63, 3.8) is 0 Å². The van der Waals surface area contributed by atoms with Crippen LogP contribution in [0, 0.1) is 5.41 Å². The summed E-state index contributed by atoms with van der Waals surface area (Å²) in [5.41, 5.74) is 0.848. The van der Waals surface area contributed by atoms with E-state index in [1.807, 2.05) is 13.8 Å². The molecule has 0 unspecified atom stereocenters. The first-order chi connectivity index (χ1) is 7.44. The van der Waals surface area contributed by atoms with E-state index in [4.69, 9.17) is 4.74 Å². The van der Waals surface area contributed by atoms with Gasteiger partial charge in [0.2, 0.25) is 0 Å². The number of ether oxygens (including phenoxy) is 1. The highest BCUT2D eigenvalue weighted by atomic mass is 79.9. The number of halogens is 1. The fourth-order valence-electron chi connectivity index (χ4n) is 1.99. The molecule has 0 amide bonds. The Bertz CT molecular complexity index is 342. The molecular formula is C12H17BrO3. The minimum Gasteiger partial charge on any atom is -0.463 e. The summed E-state index contributed by atoms with van der Waals surface area (Å²) in [4.78, 5) is 23.6. The van der Waals surface area contributed by atoms with Crippen LogP contribution in [0.1, 0.15) is 33.6 Å². The second kappa shape index (κ2) is 5.13. The average molecular weight is 289 g/mol. The quantitative estimate of drug-likeness (QED) is 0.592. The Morgan fingerprint density at radius 1 is 1.50 bits per heavy atom. The summed E-state index contributed by atoms with van der Waals surface area (Å²) in [6.07, 6.45) is 1.22. The van der Waals surface area contributed by atoms with E-state index in [2.05, 4.69) is 15.9 Å². The molecule has 0 aromatic rings. The third kappa shape index (κ3) is 2.54. The van der Waals surface area contributed by atoms with E-state index < -0.39 is 0 Å². The summed E-state index contributed by atoms with van der Waals surface area (Å²) in [6.45, 7) is 6.06. The predicted octanol–water partition coefficient (Wildman–Crippen LogP) is 2.63. The van der Waals surface area contributed by atoms with Gasteiger partial charge in [-0.05, 0) is 18.8 Å². The largest absolute Gasteiger partial charge is 0.463 e. The van der Waals surface area contributed by atoms with Gasteiger partial charge < -0.3 is 4.74 Å². The molecule has 1 aliphatic carbocycles. The van der Waals surface area contributed by atoms with Gasteiger partial charge in [-0.3, -0.25) is 4.79 Å². The molecule has 0 aromatic heterocycles. The van der Waals surface area contributed by atoms with Crippen molar-refractivity contribution in [2.45, 2.75) is 33.6 Å². The van der Waals surface area contributed by atoms with Crippen molar-refractivity contribution in [2.75, 3.05) is 11.9 Å². The van der Waals surface area contributed by atoms with Crippen molar-refractivity contribution in [1.29, 1.82) is 0 Å². The zero-order chi connectivity index (χ0) is 12.3. The topological polar surface area (TPSA) is 43.4 Å². The molecule has 0 bridgehead atoms. The highest BCUT2D eigenvalue weighted by Crippen LogP contribution is 2.39. The van der Waals surface area contributed by atoms with Gasteiger partial charge in [-0.2, -0.15) is 0 Å². The minimum absolute atomic E-state index is 0.0549. The predicted molar refractivity (Wildman–Crippen MR) is 65.5 cm³/mol.